The Morgan fingerprint density at radius 1 is 0.920 bits per heavy atom. The summed E-state index contributed by atoms with van der Waals surface area (Å²) in [6.45, 7) is 3.35. The van der Waals surface area contributed by atoms with E-state index in [-0.39, 0.29) is 42.3 Å². The number of carbonyl (C=O) groups is 3. The van der Waals surface area contributed by atoms with Gasteiger partial charge in [-0.2, -0.15) is 0 Å². The fourth-order valence-electron chi connectivity index (χ4n) is 2.23. The largest absolute Gasteiger partial charge is 0.459 e. The van der Waals surface area contributed by atoms with Gasteiger partial charge in [-0.1, -0.05) is 6.92 Å². The molecule has 0 radical (unpaired) electrons. The van der Waals surface area contributed by atoms with Gasteiger partial charge < -0.3 is 18.9 Å². The number of epoxide rings is 2. The van der Waals surface area contributed by atoms with E-state index in [2.05, 4.69) is 0 Å². The summed E-state index contributed by atoms with van der Waals surface area (Å²) in [5.41, 5.74) is 0.600. The second-order valence-electron chi connectivity index (χ2n) is 6.08. The first-order valence-electron chi connectivity index (χ1n) is 8.32. The Morgan fingerprint density at radius 2 is 1.36 bits per heavy atom. The van der Waals surface area contributed by atoms with Crippen molar-refractivity contribution in [2.75, 3.05) is 26.4 Å². The molecule has 2 aliphatic rings. The van der Waals surface area contributed by atoms with Crippen LogP contribution in [0.4, 0.5) is 0 Å². The molecule has 0 saturated carbocycles. The van der Waals surface area contributed by atoms with E-state index >= 15 is 0 Å². The van der Waals surface area contributed by atoms with Gasteiger partial charge in [-0.05, 0) is 24.6 Å². The van der Waals surface area contributed by atoms with E-state index in [9.17, 15) is 14.4 Å². The van der Waals surface area contributed by atoms with Crippen LogP contribution < -0.4 is 0 Å². The van der Waals surface area contributed by atoms with Gasteiger partial charge in [0.1, 0.15) is 25.4 Å². The summed E-state index contributed by atoms with van der Waals surface area (Å²) < 4.78 is 20.3. The highest BCUT2D eigenvalue weighted by Gasteiger charge is 2.27. The van der Waals surface area contributed by atoms with Crippen molar-refractivity contribution in [2.24, 2.45) is 0 Å². The van der Waals surface area contributed by atoms with Crippen molar-refractivity contribution >= 4 is 17.7 Å². The number of ketones is 1. The molecule has 2 unspecified atom stereocenters. The highest BCUT2D eigenvalue weighted by Crippen LogP contribution is 2.18. The van der Waals surface area contributed by atoms with E-state index in [0.29, 0.717) is 31.6 Å². The molecule has 0 bridgehead atoms. The third-order valence-electron chi connectivity index (χ3n) is 3.81. The molecule has 7 heteroatoms. The Morgan fingerprint density at radius 3 is 1.76 bits per heavy atom. The third-order valence-corrected chi connectivity index (χ3v) is 3.81. The van der Waals surface area contributed by atoms with E-state index in [1.54, 1.807) is 0 Å². The zero-order chi connectivity index (χ0) is 17.8. The minimum Gasteiger partial charge on any atom is -0.459 e. The van der Waals surface area contributed by atoms with Crippen LogP contribution in [-0.4, -0.2) is 56.4 Å². The minimum atomic E-state index is -0.596. The number of hydrogen-bond acceptors (Lipinski definition) is 7. The number of hydrogen-bond donors (Lipinski definition) is 0. The third kappa shape index (κ3) is 5.11. The molecule has 0 aliphatic carbocycles. The standard InChI is InChI=1S/C18H20O7/c1-2-3-16(19)11-4-12(17(20)24-9-14-7-22-14)6-13(5-11)18(21)25-10-15-8-23-15/h4-6,14-15H,2-3,7-10H2,1H3. The van der Waals surface area contributed by atoms with E-state index in [4.69, 9.17) is 18.9 Å². The summed E-state index contributed by atoms with van der Waals surface area (Å²) >= 11 is 0. The van der Waals surface area contributed by atoms with Gasteiger partial charge in [0.05, 0.1) is 24.3 Å². The highest BCUT2D eigenvalue weighted by atomic mass is 16.6. The van der Waals surface area contributed by atoms with Crippen LogP contribution in [0.15, 0.2) is 18.2 Å². The predicted octanol–water partition coefficient (Wildman–Crippen LogP) is 1.78. The lowest BCUT2D eigenvalue weighted by atomic mass is 10.0. The number of benzene rings is 1. The lowest BCUT2D eigenvalue weighted by molar-refractivity contribution is 0.0474. The fourth-order valence-corrected chi connectivity index (χ4v) is 2.23. The molecule has 134 valence electrons. The maximum atomic E-state index is 12.2. The van der Waals surface area contributed by atoms with Gasteiger partial charge in [-0.3, -0.25) is 4.79 Å². The summed E-state index contributed by atoms with van der Waals surface area (Å²) in [7, 11) is 0. The van der Waals surface area contributed by atoms with Crippen LogP contribution in [0.1, 0.15) is 50.8 Å². The van der Waals surface area contributed by atoms with Crippen molar-refractivity contribution < 1.29 is 33.3 Å². The molecule has 0 N–H and O–H groups in total. The Hall–Kier alpha value is -2.25. The summed E-state index contributed by atoms with van der Waals surface area (Å²) in [5, 5.41) is 0. The molecule has 0 spiro atoms. The summed E-state index contributed by atoms with van der Waals surface area (Å²) in [6, 6.07) is 4.29. The fraction of sp³-hybridized carbons (Fsp3) is 0.500. The topological polar surface area (TPSA) is 94.7 Å². The Labute approximate surface area is 145 Å². The monoisotopic (exact) mass is 348 g/mol. The molecular formula is C18H20O7. The van der Waals surface area contributed by atoms with Crippen molar-refractivity contribution in [3.63, 3.8) is 0 Å². The predicted molar refractivity (Wildman–Crippen MR) is 85.7 cm³/mol. The molecule has 2 atom stereocenters. The first-order valence-corrected chi connectivity index (χ1v) is 8.32. The molecule has 25 heavy (non-hydrogen) atoms. The molecule has 7 nitrogen and oxygen atoms in total. The molecule has 0 aromatic heterocycles. The second kappa shape index (κ2) is 7.76. The highest BCUT2D eigenvalue weighted by molar-refractivity contribution is 6.02. The van der Waals surface area contributed by atoms with Crippen molar-refractivity contribution in [3.8, 4) is 0 Å². The molecular weight excluding hydrogens is 328 g/mol. The van der Waals surface area contributed by atoms with Crippen LogP contribution in [0.25, 0.3) is 0 Å². The van der Waals surface area contributed by atoms with Crippen molar-refractivity contribution in [1.82, 2.24) is 0 Å². The van der Waals surface area contributed by atoms with Gasteiger partial charge in [0.15, 0.2) is 5.78 Å². The van der Waals surface area contributed by atoms with Crippen molar-refractivity contribution in [1.29, 1.82) is 0 Å². The minimum absolute atomic E-state index is 0.0585. The van der Waals surface area contributed by atoms with Gasteiger partial charge in [0.25, 0.3) is 0 Å². The Balaban J connectivity index is 1.77. The summed E-state index contributed by atoms with van der Waals surface area (Å²) in [6.07, 6.45) is 0.887. The maximum absolute atomic E-state index is 12.2. The lowest BCUT2D eigenvalue weighted by Crippen LogP contribution is -2.15. The summed E-state index contributed by atoms with van der Waals surface area (Å²) in [4.78, 5) is 36.6. The molecule has 3 rings (SSSR count). The Kier molecular flexibility index (Phi) is 5.45. The van der Waals surface area contributed by atoms with Gasteiger partial charge in [-0.15, -0.1) is 0 Å². The number of carbonyl (C=O) groups excluding carboxylic acids is 3. The first kappa shape index (κ1) is 17.6. The zero-order valence-corrected chi connectivity index (χ0v) is 14.0. The smallest absolute Gasteiger partial charge is 0.338 e. The SMILES string of the molecule is CCCC(=O)c1cc(C(=O)OCC2CO2)cc(C(=O)OCC2CO2)c1. The number of esters is 2. The quantitative estimate of drug-likeness (QED) is 0.381. The van der Waals surface area contributed by atoms with Crippen molar-refractivity contribution in [3.05, 3.63) is 34.9 Å². The van der Waals surface area contributed by atoms with Gasteiger partial charge in [0, 0.05) is 12.0 Å². The molecule has 1 aromatic carbocycles. The molecule has 2 saturated heterocycles. The van der Waals surface area contributed by atoms with E-state index < -0.39 is 11.9 Å². The van der Waals surface area contributed by atoms with Crippen LogP contribution in [0.3, 0.4) is 0 Å². The average Bonchev–Trinajstić information content (AvgIpc) is 3.51. The van der Waals surface area contributed by atoms with Crippen LogP contribution in [-0.2, 0) is 18.9 Å². The molecule has 1 aromatic rings. The lowest BCUT2D eigenvalue weighted by Gasteiger charge is -2.09. The van der Waals surface area contributed by atoms with E-state index in [0.717, 1.165) is 0 Å². The Bertz CT molecular complexity index is 628. The van der Waals surface area contributed by atoms with E-state index in [1.807, 2.05) is 6.92 Å². The van der Waals surface area contributed by atoms with Crippen LogP contribution in [0.5, 0.6) is 0 Å². The first-order chi connectivity index (χ1) is 12.1. The van der Waals surface area contributed by atoms with Crippen LogP contribution >= 0.6 is 0 Å². The van der Waals surface area contributed by atoms with Gasteiger partial charge in [-0.25, -0.2) is 9.59 Å². The molecule has 2 aliphatic heterocycles. The van der Waals surface area contributed by atoms with Crippen molar-refractivity contribution in [2.45, 2.75) is 32.0 Å². The van der Waals surface area contributed by atoms with Crippen LogP contribution in [0.2, 0.25) is 0 Å². The number of rotatable bonds is 9. The summed E-state index contributed by atoms with van der Waals surface area (Å²) in [5.74, 6) is -1.33. The maximum Gasteiger partial charge on any atom is 0.338 e. The normalized spacial score (nSPS) is 20.7. The molecule has 2 heterocycles. The zero-order valence-electron chi connectivity index (χ0n) is 14.0. The van der Waals surface area contributed by atoms with Crippen LogP contribution in [0, 0.1) is 0 Å². The van der Waals surface area contributed by atoms with Gasteiger partial charge >= 0.3 is 11.9 Å². The number of ether oxygens (including phenoxy) is 4. The number of Topliss-reactive ketones (excluding diaryl/α,β-unsaturated/α-hetero) is 1. The van der Waals surface area contributed by atoms with Gasteiger partial charge in [0.2, 0.25) is 0 Å². The average molecular weight is 348 g/mol. The molecule has 0 amide bonds. The second-order valence-corrected chi connectivity index (χ2v) is 6.08. The molecule has 2 fully saturated rings. The van der Waals surface area contributed by atoms with E-state index in [1.165, 1.54) is 18.2 Å².